The largest absolute Gasteiger partial charge is 0.399 e. The van der Waals surface area contributed by atoms with E-state index in [9.17, 15) is 4.79 Å². The molecule has 5 heteroatoms. The topological polar surface area (TPSA) is 61.6 Å². The van der Waals surface area contributed by atoms with Gasteiger partial charge in [-0.15, -0.1) is 0 Å². The summed E-state index contributed by atoms with van der Waals surface area (Å²) in [6.45, 7) is 2.51. The summed E-state index contributed by atoms with van der Waals surface area (Å²) in [5.41, 5.74) is 7.10. The standard InChI is InChI=1S/C15H24N4O/c1-18(10-14-4-3-9-19(14)2)11-15(20)17-13-7-5-12(16)6-8-13/h5-8,14H,3-4,9-11,16H2,1-2H3,(H,17,20). The van der Waals surface area contributed by atoms with E-state index in [0.29, 0.717) is 18.3 Å². The molecular formula is C15H24N4O. The van der Waals surface area contributed by atoms with Crippen LogP contribution in [0.25, 0.3) is 0 Å². The maximum atomic E-state index is 12.0. The number of nitrogens with one attached hydrogen (secondary N) is 1. The minimum absolute atomic E-state index is 0.0120. The van der Waals surface area contributed by atoms with Gasteiger partial charge >= 0.3 is 0 Å². The summed E-state index contributed by atoms with van der Waals surface area (Å²) in [5.74, 6) is 0.0120. The van der Waals surface area contributed by atoms with Gasteiger partial charge in [0.2, 0.25) is 5.91 Å². The maximum Gasteiger partial charge on any atom is 0.238 e. The maximum absolute atomic E-state index is 12.0. The molecule has 1 amide bonds. The molecule has 0 aliphatic carbocycles. The Morgan fingerprint density at radius 2 is 2.15 bits per heavy atom. The summed E-state index contributed by atoms with van der Waals surface area (Å²) in [4.78, 5) is 16.4. The minimum atomic E-state index is 0.0120. The molecule has 110 valence electrons. The third-order valence-electron chi connectivity index (χ3n) is 3.80. The van der Waals surface area contributed by atoms with E-state index < -0.39 is 0 Å². The molecular weight excluding hydrogens is 252 g/mol. The number of carbonyl (C=O) groups is 1. The monoisotopic (exact) mass is 276 g/mol. The molecule has 1 aliphatic heterocycles. The lowest BCUT2D eigenvalue weighted by Gasteiger charge is -2.25. The van der Waals surface area contributed by atoms with Crippen LogP contribution in [0.2, 0.25) is 0 Å². The van der Waals surface area contributed by atoms with Crippen molar-refractivity contribution in [2.45, 2.75) is 18.9 Å². The van der Waals surface area contributed by atoms with E-state index in [4.69, 9.17) is 5.73 Å². The number of anilines is 2. The number of benzene rings is 1. The highest BCUT2D eigenvalue weighted by atomic mass is 16.2. The van der Waals surface area contributed by atoms with Crippen molar-refractivity contribution in [3.8, 4) is 0 Å². The van der Waals surface area contributed by atoms with Crippen LogP contribution in [0.15, 0.2) is 24.3 Å². The highest BCUT2D eigenvalue weighted by Crippen LogP contribution is 2.15. The normalized spacial score (nSPS) is 19.4. The number of hydrogen-bond acceptors (Lipinski definition) is 4. The second-order valence-electron chi connectivity index (χ2n) is 5.64. The summed E-state index contributed by atoms with van der Waals surface area (Å²) in [6, 6.07) is 7.78. The first-order chi connectivity index (χ1) is 9.54. The van der Waals surface area contributed by atoms with Crippen LogP contribution in [0.4, 0.5) is 11.4 Å². The number of nitrogens with zero attached hydrogens (tertiary/aromatic N) is 2. The lowest BCUT2D eigenvalue weighted by atomic mass is 10.2. The van der Waals surface area contributed by atoms with E-state index in [2.05, 4.69) is 22.2 Å². The van der Waals surface area contributed by atoms with E-state index in [1.165, 1.54) is 12.8 Å². The second-order valence-corrected chi connectivity index (χ2v) is 5.64. The Labute approximate surface area is 120 Å². The van der Waals surface area contributed by atoms with Crippen LogP contribution >= 0.6 is 0 Å². The molecule has 0 bridgehead atoms. The van der Waals surface area contributed by atoms with Gasteiger partial charge in [0.1, 0.15) is 0 Å². The van der Waals surface area contributed by atoms with Crippen molar-refractivity contribution < 1.29 is 4.79 Å². The van der Waals surface area contributed by atoms with E-state index in [1.54, 1.807) is 12.1 Å². The molecule has 1 heterocycles. The fraction of sp³-hybridized carbons (Fsp3) is 0.533. The molecule has 0 aromatic heterocycles. The smallest absolute Gasteiger partial charge is 0.238 e. The first-order valence-corrected chi connectivity index (χ1v) is 7.09. The van der Waals surface area contributed by atoms with E-state index >= 15 is 0 Å². The number of hydrogen-bond donors (Lipinski definition) is 2. The molecule has 1 atom stereocenters. The van der Waals surface area contributed by atoms with Crippen LogP contribution < -0.4 is 11.1 Å². The Kier molecular flexibility index (Phi) is 4.98. The average Bonchev–Trinajstić information content (AvgIpc) is 2.77. The Morgan fingerprint density at radius 1 is 1.45 bits per heavy atom. The molecule has 0 radical (unpaired) electrons. The number of likely N-dealkylation sites (tertiary alicyclic amines) is 1. The summed E-state index contributed by atoms with van der Waals surface area (Å²) in [5, 5.41) is 2.89. The molecule has 5 nitrogen and oxygen atoms in total. The zero-order chi connectivity index (χ0) is 14.5. The van der Waals surface area contributed by atoms with Crippen molar-refractivity contribution in [1.82, 2.24) is 9.80 Å². The molecule has 20 heavy (non-hydrogen) atoms. The summed E-state index contributed by atoms with van der Waals surface area (Å²) >= 11 is 0. The number of nitrogens with two attached hydrogens (primary N) is 1. The summed E-state index contributed by atoms with van der Waals surface area (Å²) < 4.78 is 0. The lowest BCUT2D eigenvalue weighted by molar-refractivity contribution is -0.117. The highest BCUT2D eigenvalue weighted by Gasteiger charge is 2.22. The molecule has 0 spiro atoms. The fourth-order valence-electron chi connectivity index (χ4n) is 2.65. The number of likely N-dealkylation sites (N-methyl/N-ethyl adjacent to an activating group) is 2. The van der Waals surface area contributed by atoms with Crippen LogP contribution in [0.3, 0.4) is 0 Å². The predicted molar refractivity (Wildman–Crippen MR) is 82.6 cm³/mol. The molecule has 1 saturated heterocycles. The van der Waals surface area contributed by atoms with Crippen LogP contribution in [0.5, 0.6) is 0 Å². The van der Waals surface area contributed by atoms with Gasteiger partial charge in [-0.2, -0.15) is 0 Å². The van der Waals surface area contributed by atoms with Gasteiger partial charge in [0.25, 0.3) is 0 Å². The van der Waals surface area contributed by atoms with Gasteiger partial charge < -0.3 is 16.0 Å². The third kappa shape index (κ3) is 4.21. The van der Waals surface area contributed by atoms with Crippen molar-refractivity contribution in [2.24, 2.45) is 0 Å². The van der Waals surface area contributed by atoms with Crippen LogP contribution in [0, 0.1) is 0 Å². The van der Waals surface area contributed by atoms with Crippen LogP contribution in [0.1, 0.15) is 12.8 Å². The van der Waals surface area contributed by atoms with Gasteiger partial charge in [0.05, 0.1) is 6.54 Å². The highest BCUT2D eigenvalue weighted by molar-refractivity contribution is 5.92. The molecule has 2 rings (SSSR count). The third-order valence-corrected chi connectivity index (χ3v) is 3.80. The Bertz CT molecular complexity index is 446. The number of carbonyl (C=O) groups excluding carboxylic acids is 1. The molecule has 1 aliphatic rings. The SMILES string of the molecule is CN(CC(=O)Nc1ccc(N)cc1)CC1CCCN1C. The van der Waals surface area contributed by atoms with Crippen molar-refractivity contribution in [3.63, 3.8) is 0 Å². The van der Waals surface area contributed by atoms with Gasteiger partial charge in [-0.3, -0.25) is 9.69 Å². The van der Waals surface area contributed by atoms with Crippen LogP contribution in [-0.4, -0.2) is 55.5 Å². The number of nitrogen functional groups attached to an aromatic ring is 1. The summed E-state index contributed by atoms with van der Waals surface area (Å²) in [6.07, 6.45) is 2.48. The lowest BCUT2D eigenvalue weighted by Crippen LogP contribution is -2.40. The molecule has 1 aromatic carbocycles. The van der Waals surface area contributed by atoms with Crippen molar-refractivity contribution in [3.05, 3.63) is 24.3 Å². The van der Waals surface area contributed by atoms with Crippen LogP contribution in [-0.2, 0) is 4.79 Å². The molecule has 1 aromatic rings. The predicted octanol–water partition coefficient (Wildman–Crippen LogP) is 1.23. The Morgan fingerprint density at radius 3 is 2.75 bits per heavy atom. The molecule has 1 unspecified atom stereocenters. The number of rotatable bonds is 5. The van der Waals surface area contributed by atoms with Gasteiger partial charge in [0, 0.05) is 24.0 Å². The van der Waals surface area contributed by atoms with E-state index in [1.807, 2.05) is 19.2 Å². The summed E-state index contributed by atoms with van der Waals surface area (Å²) in [7, 11) is 4.15. The number of amides is 1. The molecule has 1 fully saturated rings. The average molecular weight is 276 g/mol. The Hall–Kier alpha value is -1.59. The van der Waals surface area contributed by atoms with Crippen molar-refractivity contribution in [1.29, 1.82) is 0 Å². The molecule has 3 N–H and O–H groups in total. The van der Waals surface area contributed by atoms with E-state index in [0.717, 1.165) is 18.8 Å². The fourth-order valence-corrected chi connectivity index (χ4v) is 2.65. The molecule has 0 saturated carbocycles. The zero-order valence-corrected chi connectivity index (χ0v) is 12.3. The van der Waals surface area contributed by atoms with E-state index in [-0.39, 0.29) is 5.91 Å². The first-order valence-electron chi connectivity index (χ1n) is 7.09. The zero-order valence-electron chi connectivity index (χ0n) is 12.3. The van der Waals surface area contributed by atoms with Gasteiger partial charge in [0.15, 0.2) is 0 Å². The second kappa shape index (κ2) is 6.72. The quantitative estimate of drug-likeness (QED) is 0.794. The van der Waals surface area contributed by atoms with Crippen molar-refractivity contribution >= 4 is 17.3 Å². The first kappa shape index (κ1) is 14.8. The van der Waals surface area contributed by atoms with Gasteiger partial charge in [-0.05, 0) is 57.7 Å². The van der Waals surface area contributed by atoms with Gasteiger partial charge in [-0.25, -0.2) is 0 Å². The minimum Gasteiger partial charge on any atom is -0.399 e. The van der Waals surface area contributed by atoms with Gasteiger partial charge in [-0.1, -0.05) is 0 Å². The van der Waals surface area contributed by atoms with Crippen molar-refractivity contribution in [2.75, 3.05) is 44.8 Å². The Balaban J connectivity index is 1.77.